The first-order valence-corrected chi connectivity index (χ1v) is 4.61. The van der Waals surface area contributed by atoms with Crippen molar-refractivity contribution in [1.82, 2.24) is 0 Å². The van der Waals surface area contributed by atoms with E-state index >= 15 is 0 Å². The molecule has 2 heteroatoms. The van der Waals surface area contributed by atoms with Crippen molar-refractivity contribution in [3.05, 3.63) is 0 Å². The molecule has 0 aliphatic carbocycles. The maximum Gasteiger partial charge on any atom is -0.0106 e. The molecule has 0 aromatic heterocycles. The van der Waals surface area contributed by atoms with Crippen molar-refractivity contribution >= 4 is 0 Å². The van der Waals surface area contributed by atoms with Crippen LogP contribution < -0.4 is 11.5 Å². The molecule has 0 aromatic carbocycles. The zero-order valence-corrected chi connectivity index (χ0v) is 9.28. The zero-order chi connectivity index (χ0) is 10.1. The van der Waals surface area contributed by atoms with Gasteiger partial charge in [-0.05, 0) is 13.6 Å². The van der Waals surface area contributed by atoms with E-state index < -0.39 is 0 Å². The standard InChI is InChI=1S/C4H10.C2H7N.C2H6.CH5N/c1-3-4-2;1-2-3;2*1-2/h3-4H2,1-2H3;2-3H2,1H3;1-2H3;2H2,1H3. The molecule has 0 aliphatic rings. The lowest BCUT2D eigenvalue weighted by Crippen LogP contribution is -1.87. The van der Waals surface area contributed by atoms with Gasteiger partial charge in [-0.25, -0.2) is 0 Å². The van der Waals surface area contributed by atoms with Gasteiger partial charge in [0.25, 0.3) is 0 Å². The lowest BCUT2D eigenvalue weighted by Gasteiger charge is -1.68. The molecule has 2 nitrogen and oxygen atoms in total. The third-order valence-corrected chi connectivity index (χ3v) is 0.500. The Morgan fingerprint density at radius 3 is 0.909 bits per heavy atom. The molecular formula is C9H28N2. The summed E-state index contributed by atoms with van der Waals surface area (Å²) >= 11 is 0. The quantitative estimate of drug-likeness (QED) is 0.625. The van der Waals surface area contributed by atoms with Gasteiger partial charge in [0.2, 0.25) is 0 Å². The first-order valence-electron chi connectivity index (χ1n) is 4.61. The highest BCUT2D eigenvalue weighted by Crippen LogP contribution is 1.76. The van der Waals surface area contributed by atoms with E-state index in [4.69, 9.17) is 5.73 Å². The molecule has 74 valence electrons. The molecule has 11 heavy (non-hydrogen) atoms. The Bertz CT molecular complexity index is 15.0. The second kappa shape index (κ2) is 92.6. The maximum absolute atomic E-state index is 4.85. The van der Waals surface area contributed by atoms with Crippen LogP contribution in [-0.4, -0.2) is 13.6 Å². The van der Waals surface area contributed by atoms with Crippen LogP contribution in [0.15, 0.2) is 0 Å². The second-order valence-electron chi connectivity index (χ2n) is 1.41. The summed E-state index contributed by atoms with van der Waals surface area (Å²) in [7, 11) is 1.50. The molecular weight excluding hydrogens is 136 g/mol. The van der Waals surface area contributed by atoms with E-state index in [1.807, 2.05) is 20.8 Å². The van der Waals surface area contributed by atoms with Gasteiger partial charge in [0.15, 0.2) is 0 Å². The van der Waals surface area contributed by atoms with Gasteiger partial charge < -0.3 is 11.5 Å². The minimum atomic E-state index is 0.750. The SMILES string of the molecule is CC.CCCC.CCN.CN. The van der Waals surface area contributed by atoms with E-state index in [0.29, 0.717) is 0 Å². The van der Waals surface area contributed by atoms with Crippen LogP contribution in [0.4, 0.5) is 0 Å². The van der Waals surface area contributed by atoms with Crippen LogP contribution in [0.1, 0.15) is 47.5 Å². The minimum Gasteiger partial charge on any atom is -0.333 e. The molecule has 0 amide bonds. The highest BCUT2D eigenvalue weighted by atomic mass is 14.5. The molecule has 0 radical (unpaired) electrons. The van der Waals surface area contributed by atoms with E-state index in [-0.39, 0.29) is 0 Å². The van der Waals surface area contributed by atoms with Gasteiger partial charge in [0.05, 0.1) is 0 Å². The first-order chi connectivity index (χ1) is 5.33. The average molecular weight is 164 g/mol. The number of hydrogen-bond donors (Lipinski definition) is 2. The third kappa shape index (κ3) is 735. The van der Waals surface area contributed by atoms with E-state index in [0.717, 1.165) is 6.54 Å². The normalized spacial score (nSPS) is 5.45. The number of rotatable bonds is 1. The van der Waals surface area contributed by atoms with E-state index in [1.54, 1.807) is 0 Å². The predicted octanol–water partition coefficient (Wildman–Crippen LogP) is 2.37. The Morgan fingerprint density at radius 1 is 0.818 bits per heavy atom. The Morgan fingerprint density at radius 2 is 0.909 bits per heavy atom. The fourth-order valence-electron chi connectivity index (χ4n) is 0. The Hall–Kier alpha value is -0.0800. The van der Waals surface area contributed by atoms with E-state index in [2.05, 4.69) is 19.6 Å². The van der Waals surface area contributed by atoms with Crippen molar-refractivity contribution in [3.63, 3.8) is 0 Å². The molecule has 4 N–H and O–H groups in total. The van der Waals surface area contributed by atoms with Crippen molar-refractivity contribution in [2.75, 3.05) is 13.6 Å². The Balaban J connectivity index is -0.0000000315. The van der Waals surface area contributed by atoms with Crippen molar-refractivity contribution in [3.8, 4) is 0 Å². The van der Waals surface area contributed by atoms with Crippen molar-refractivity contribution < 1.29 is 0 Å². The topological polar surface area (TPSA) is 52.0 Å². The highest BCUT2D eigenvalue weighted by molar-refractivity contribution is 4.12. The summed E-state index contributed by atoms with van der Waals surface area (Å²) in [6, 6.07) is 0. The summed E-state index contributed by atoms with van der Waals surface area (Å²) in [6.45, 7) is 11.0. The van der Waals surface area contributed by atoms with Gasteiger partial charge in [0, 0.05) is 0 Å². The fourth-order valence-corrected chi connectivity index (χ4v) is 0. The van der Waals surface area contributed by atoms with Gasteiger partial charge in [-0.2, -0.15) is 0 Å². The molecule has 0 heterocycles. The summed E-state index contributed by atoms with van der Waals surface area (Å²) in [4.78, 5) is 0. The predicted molar refractivity (Wildman–Crippen MR) is 56.8 cm³/mol. The highest BCUT2D eigenvalue weighted by Gasteiger charge is 1.56. The minimum absolute atomic E-state index is 0.750. The van der Waals surface area contributed by atoms with Gasteiger partial charge in [-0.1, -0.05) is 47.5 Å². The monoisotopic (exact) mass is 164 g/mol. The van der Waals surface area contributed by atoms with Crippen LogP contribution >= 0.6 is 0 Å². The summed E-state index contributed by atoms with van der Waals surface area (Å²) in [5, 5.41) is 0. The van der Waals surface area contributed by atoms with Crippen LogP contribution in [-0.2, 0) is 0 Å². The molecule has 0 atom stereocenters. The van der Waals surface area contributed by atoms with E-state index in [9.17, 15) is 0 Å². The second-order valence-corrected chi connectivity index (χ2v) is 1.41. The van der Waals surface area contributed by atoms with Crippen LogP contribution in [0.25, 0.3) is 0 Å². The van der Waals surface area contributed by atoms with Gasteiger partial charge in [-0.15, -0.1) is 0 Å². The van der Waals surface area contributed by atoms with Crippen LogP contribution in [0, 0.1) is 0 Å². The zero-order valence-electron chi connectivity index (χ0n) is 9.28. The van der Waals surface area contributed by atoms with Crippen molar-refractivity contribution in [2.24, 2.45) is 11.5 Å². The molecule has 0 fully saturated rings. The van der Waals surface area contributed by atoms with Crippen molar-refractivity contribution in [1.29, 1.82) is 0 Å². The molecule has 0 bridgehead atoms. The smallest absolute Gasteiger partial charge is 0.0106 e. The average Bonchev–Trinajstić information content (AvgIpc) is 2.12. The molecule has 0 spiro atoms. The van der Waals surface area contributed by atoms with E-state index in [1.165, 1.54) is 19.9 Å². The molecule has 0 unspecified atom stereocenters. The molecule has 0 saturated heterocycles. The van der Waals surface area contributed by atoms with Crippen LogP contribution in [0.2, 0.25) is 0 Å². The Labute approximate surface area is 73.4 Å². The summed E-state index contributed by atoms with van der Waals surface area (Å²) in [6.07, 6.45) is 2.64. The molecule has 0 aliphatic heterocycles. The summed E-state index contributed by atoms with van der Waals surface area (Å²) in [5.41, 5.74) is 9.35. The molecule has 0 aromatic rings. The number of nitrogens with two attached hydrogens (primary N) is 2. The lowest BCUT2D eigenvalue weighted by molar-refractivity contribution is 0.886. The van der Waals surface area contributed by atoms with Gasteiger partial charge in [-0.3, -0.25) is 0 Å². The lowest BCUT2D eigenvalue weighted by atomic mass is 10.4. The van der Waals surface area contributed by atoms with Gasteiger partial charge in [0.1, 0.15) is 0 Å². The molecule has 0 saturated carbocycles. The first kappa shape index (κ1) is 22.4. The van der Waals surface area contributed by atoms with Crippen LogP contribution in [0.5, 0.6) is 0 Å². The summed E-state index contributed by atoms with van der Waals surface area (Å²) < 4.78 is 0. The third-order valence-electron chi connectivity index (χ3n) is 0.500. The summed E-state index contributed by atoms with van der Waals surface area (Å²) in [5.74, 6) is 0. The van der Waals surface area contributed by atoms with Crippen molar-refractivity contribution in [2.45, 2.75) is 47.5 Å². The number of hydrogen-bond acceptors (Lipinski definition) is 2. The molecule has 0 rings (SSSR count). The largest absolute Gasteiger partial charge is 0.333 e. The fraction of sp³-hybridized carbons (Fsp3) is 1.00. The van der Waals surface area contributed by atoms with Crippen LogP contribution in [0.3, 0.4) is 0 Å². The number of unbranched alkanes of at least 4 members (excludes halogenated alkanes) is 1. The Kier molecular flexibility index (Phi) is 189. The maximum atomic E-state index is 4.85. The van der Waals surface area contributed by atoms with Gasteiger partial charge >= 0.3 is 0 Å².